The SMILES string of the molecule is CCOc1ccc(C=Cc2ccc(N)c(F)c2)cc1. The van der Waals surface area contributed by atoms with E-state index in [4.69, 9.17) is 10.5 Å². The standard InChI is InChI=1S/C16H16FNO/c1-2-19-14-8-5-12(6-9-14)3-4-13-7-10-16(18)15(17)11-13/h3-11H,2,18H2,1H3. The third-order valence-electron chi connectivity index (χ3n) is 2.68. The molecule has 0 aromatic heterocycles. The number of halogens is 1. The van der Waals surface area contributed by atoms with Crippen LogP contribution in [0.3, 0.4) is 0 Å². The van der Waals surface area contributed by atoms with Gasteiger partial charge in [0.1, 0.15) is 11.6 Å². The van der Waals surface area contributed by atoms with E-state index in [2.05, 4.69) is 0 Å². The molecule has 0 aliphatic carbocycles. The molecule has 0 aliphatic rings. The van der Waals surface area contributed by atoms with Crippen LogP contribution in [0.15, 0.2) is 42.5 Å². The largest absolute Gasteiger partial charge is 0.494 e. The Morgan fingerprint density at radius 1 is 1.05 bits per heavy atom. The van der Waals surface area contributed by atoms with Gasteiger partial charge in [-0.05, 0) is 42.3 Å². The lowest BCUT2D eigenvalue weighted by Crippen LogP contribution is -1.90. The number of nitrogens with two attached hydrogens (primary N) is 1. The van der Waals surface area contributed by atoms with Crippen LogP contribution in [0.4, 0.5) is 10.1 Å². The van der Waals surface area contributed by atoms with Crippen molar-refractivity contribution < 1.29 is 9.13 Å². The fourth-order valence-corrected chi connectivity index (χ4v) is 1.68. The number of hydrogen-bond donors (Lipinski definition) is 1. The summed E-state index contributed by atoms with van der Waals surface area (Å²) in [5.74, 6) is 0.451. The minimum atomic E-state index is -0.395. The first-order chi connectivity index (χ1) is 9.19. The Hall–Kier alpha value is -2.29. The molecule has 2 rings (SSSR count). The number of anilines is 1. The van der Waals surface area contributed by atoms with Crippen LogP contribution in [-0.2, 0) is 0 Å². The lowest BCUT2D eigenvalue weighted by Gasteiger charge is -2.02. The summed E-state index contributed by atoms with van der Waals surface area (Å²) in [4.78, 5) is 0. The summed E-state index contributed by atoms with van der Waals surface area (Å²) in [5.41, 5.74) is 7.40. The van der Waals surface area contributed by atoms with Crippen LogP contribution in [0.1, 0.15) is 18.1 Å². The maximum atomic E-state index is 13.3. The van der Waals surface area contributed by atoms with Crippen molar-refractivity contribution in [1.82, 2.24) is 0 Å². The van der Waals surface area contributed by atoms with E-state index in [1.54, 1.807) is 12.1 Å². The highest BCUT2D eigenvalue weighted by atomic mass is 19.1. The van der Waals surface area contributed by atoms with Gasteiger partial charge >= 0.3 is 0 Å². The zero-order valence-electron chi connectivity index (χ0n) is 10.8. The van der Waals surface area contributed by atoms with Gasteiger partial charge in [-0.1, -0.05) is 30.4 Å². The topological polar surface area (TPSA) is 35.2 Å². The molecule has 2 nitrogen and oxygen atoms in total. The molecule has 0 saturated carbocycles. The minimum absolute atomic E-state index is 0.165. The minimum Gasteiger partial charge on any atom is -0.494 e. The molecule has 19 heavy (non-hydrogen) atoms. The third-order valence-corrected chi connectivity index (χ3v) is 2.68. The molecule has 2 N–H and O–H groups in total. The van der Waals surface area contributed by atoms with Crippen LogP contribution in [0.5, 0.6) is 5.75 Å². The van der Waals surface area contributed by atoms with Crippen LogP contribution in [0.2, 0.25) is 0 Å². The first-order valence-corrected chi connectivity index (χ1v) is 6.15. The van der Waals surface area contributed by atoms with Crippen molar-refractivity contribution in [2.24, 2.45) is 0 Å². The van der Waals surface area contributed by atoms with Gasteiger partial charge in [0.05, 0.1) is 12.3 Å². The summed E-state index contributed by atoms with van der Waals surface area (Å²) in [5, 5.41) is 0. The van der Waals surface area contributed by atoms with E-state index >= 15 is 0 Å². The molecule has 2 aromatic rings. The van der Waals surface area contributed by atoms with Gasteiger partial charge in [-0.3, -0.25) is 0 Å². The number of rotatable bonds is 4. The second-order valence-electron chi connectivity index (χ2n) is 4.12. The van der Waals surface area contributed by atoms with Crippen molar-refractivity contribution in [3.63, 3.8) is 0 Å². The molecule has 2 aromatic carbocycles. The van der Waals surface area contributed by atoms with E-state index in [0.29, 0.717) is 6.61 Å². The number of hydrogen-bond acceptors (Lipinski definition) is 2. The van der Waals surface area contributed by atoms with Crippen molar-refractivity contribution in [2.45, 2.75) is 6.92 Å². The first-order valence-electron chi connectivity index (χ1n) is 6.15. The molecule has 0 heterocycles. The average Bonchev–Trinajstić information content (AvgIpc) is 2.42. The lowest BCUT2D eigenvalue weighted by atomic mass is 10.1. The highest BCUT2D eigenvalue weighted by molar-refractivity contribution is 5.70. The van der Waals surface area contributed by atoms with Crippen LogP contribution in [0.25, 0.3) is 12.2 Å². The summed E-state index contributed by atoms with van der Waals surface area (Å²) in [7, 11) is 0. The molecule has 0 amide bonds. The van der Waals surface area contributed by atoms with Crippen LogP contribution < -0.4 is 10.5 Å². The summed E-state index contributed by atoms with van der Waals surface area (Å²) in [6.07, 6.45) is 3.76. The first kappa shape index (κ1) is 13.1. The van der Waals surface area contributed by atoms with Gasteiger partial charge < -0.3 is 10.5 Å². The second kappa shape index (κ2) is 6.05. The summed E-state index contributed by atoms with van der Waals surface area (Å²) < 4.78 is 18.6. The molecule has 0 unspecified atom stereocenters. The molecule has 98 valence electrons. The number of nitrogen functional groups attached to an aromatic ring is 1. The fraction of sp³-hybridized carbons (Fsp3) is 0.125. The van der Waals surface area contributed by atoms with Gasteiger partial charge in [-0.25, -0.2) is 4.39 Å². The average molecular weight is 257 g/mol. The molecule has 0 atom stereocenters. The molecule has 0 fully saturated rings. The van der Waals surface area contributed by atoms with Crippen molar-refractivity contribution in [2.75, 3.05) is 12.3 Å². The van der Waals surface area contributed by atoms with E-state index in [-0.39, 0.29) is 5.69 Å². The Bertz CT molecular complexity index is 576. The number of ether oxygens (including phenoxy) is 1. The predicted octanol–water partition coefficient (Wildman–Crippen LogP) is 3.98. The Balaban J connectivity index is 2.11. The van der Waals surface area contributed by atoms with Crippen LogP contribution in [-0.4, -0.2) is 6.61 Å². The summed E-state index contributed by atoms with van der Waals surface area (Å²) >= 11 is 0. The van der Waals surface area contributed by atoms with Gasteiger partial charge in [0.25, 0.3) is 0 Å². The fourth-order valence-electron chi connectivity index (χ4n) is 1.68. The van der Waals surface area contributed by atoms with Crippen molar-refractivity contribution >= 4 is 17.8 Å². The Kier molecular flexibility index (Phi) is 4.18. The quantitative estimate of drug-likeness (QED) is 0.664. The molecular formula is C16H16FNO. The molecule has 0 spiro atoms. The summed E-state index contributed by atoms with van der Waals surface area (Å²) in [6.45, 7) is 2.60. The maximum absolute atomic E-state index is 13.3. The Morgan fingerprint density at radius 2 is 1.68 bits per heavy atom. The van der Waals surface area contributed by atoms with Gasteiger partial charge in [0.15, 0.2) is 0 Å². The van der Waals surface area contributed by atoms with Crippen LogP contribution >= 0.6 is 0 Å². The highest BCUT2D eigenvalue weighted by Crippen LogP contribution is 2.16. The van der Waals surface area contributed by atoms with E-state index in [9.17, 15) is 4.39 Å². The highest BCUT2D eigenvalue weighted by Gasteiger charge is 1.97. The second-order valence-corrected chi connectivity index (χ2v) is 4.12. The van der Waals surface area contributed by atoms with E-state index in [1.165, 1.54) is 6.07 Å². The van der Waals surface area contributed by atoms with Crippen molar-refractivity contribution in [3.05, 3.63) is 59.4 Å². The molecule has 3 heteroatoms. The molecule has 0 saturated heterocycles. The lowest BCUT2D eigenvalue weighted by molar-refractivity contribution is 0.340. The zero-order chi connectivity index (χ0) is 13.7. The van der Waals surface area contributed by atoms with Crippen molar-refractivity contribution in [1.29, 1.82) is 0 Å². The smallest absolute Gasteiger partial charge is 0.146 e. The predicted molar refractivity (Wildman–Crippen MR) is 77.4 cm³/mol. The van der Waals surface area contributed by atoms with E-state index in [0.717, 1.165) is 16.9 Å². The normalized spacial score (nSPS) is 10.8. The van der Waals surface area contributed by atoms with Crippen molar-refractivity contribution in [3.8, 4) is 5.75 Å². The number of benzene rings is 2. The molecule has 0 radical (unpaired) electrons. The van der Waals surface area contributed by atoms with Crippen LogP contribution in [0, 0.1) is 5.82 Å². The van der Waals surface area contributed by atoms with Gasteiger partial charge in [0.2, 0.25) is 0 Å². The van der Waals surface area contributed by atoms with Gasteiger partial charge in [-0.15, -0.1) is 0 Å². The van der Waals surface area contributed by atoms with E-state index < -0.39 is 5.82 Å². The monoisotopic (exact) mass is 257 g/mol. The molecule has 0 aliphatic heterocycles. The third kappa shape index (κ3) is 3.58. The Labute approximate surface area is 112 Å². The van der Waals surface area contributed by atoms with Gasteiger partial charge in [0, 0.05) is 0 Å². The molecular weight excluding hydrogens is 241 g/mol. The maximum Gasteiger partial charge on any atom is 0.146 e. The zero-order valence-corrected chi connectivity index (χ0v) is 10.8. The van der Waals surface area contributed by atoms with E-state index in [1.807, 2.05) is 43.3 Å². The Morgan fingerprint density at radius 3 is 2.32 bits per heavy atom. The van der Waals surface area contributed by atoms with Gasteiger partial charge in [-0.2, -0.15) is 0 Å². The molecule has 0 bridgehead atoms. The summed E-state index contributed by atoms with van der Waals surface area (Å²) in [6, 6.07) is 12.5.